The lowest BCUT2D eigenvalue weighted by atomic mass is 10.0. The third kappa shape index (κ3) is 4.11. The van der Waals surface area contributed by atoms with Gasteiger partial charge in [0.15, 0.2) is 5.82 Å². The molecule has 0 aromatic carbocycles. The molecule has 166 valence electrons. The summed E-state index contributed by atoms with van der Waals surface area (Å²) in [6, 6.07) is 3.55. The number of hydrogen-bond donors (Lipinski definition) is 2. The normalized spacial score (nSPS) is 26.2. The predicted molar refractivity (Wildman–Crippen MR) is 118 cm³/mol. The molecular weight excluding hydrogens is 396 g/mol. The zero-order valence-corrected chi connectivity index (χ0v) is 17.7. The summed E-state index contributed by atoms with van der Waals surface area (Å²) in [6.07, 6.45) is 10.6. The highest BCUT2D eigenvalue weighted by Gasteiger charge is 2.30. The van der Waals surface area contributed by atoms with E-state index in [2.05, 4.69) is 20.3 Å². The van der Waals surface area contributed by atoms with Gasteiger partial charge in [-0.2, -0.15) is 5.10 Å². The highest BCUT2D eigenvalue weighted by atomic mass is 16.3. The van der Waals surface area contributed by atoms with Gasteiger partial charge in [-0.3, -0.25) is 9.59 Å². The van der Waals surface area contributed by atoms with Gasteiger partial charge in [-0.1, -0.05) is 0 Å². The van der Waals surface area contributed by atoms with Crippen LogP contribution in [-0.2, 0) is 0 Å². The van der Waals surface area contributed by atoms with E-state index in [0.717, 1.165) is 57.3 Å². The molecule has 2 N–H and O–H groups in total. The van der Waals surface area contributed by atoms with Crippen LogP contribution in [0.25, 0.3) is 0 Å². The monoisotopic (exact) mass is 426 g/mol. The molecule has 31 heavy (non-hydrogen) atoms. The molecule has 9 heteroatoms. The number of anilines is 2. The molecule has 3 heterocycles. The molecule has 1 aliphatic heterocycles. The van der Waals surface area contributed by atoms with Gasteiger partial charge in [0.1, 0.15) is 5.82 Å². The van der Waals surface area contributed by atoms with Gasteiger partial charge < -0.3 is 19.9 Å². The molecule has 0 amide bonds. The van der Waals surface area contributed by atoms with Crippen LogP contribution in [0.1, 0.15) is 63.5 Å². The minimum absolute atomic E-state index is 0.0609. The Kier molecular flexibility index (Phi) is 5.52. The van der Waals surface area contributed by atoms with E-state index in [1.807, 2.05) is 0 Å². The Bertz CT molecular complexity index is 1050. The van der Waals surface area contributed by atoms with E-state index in [4.69, 9.17) is 0 Å². The van der Waals surface area contributed by atoms with Crippen LogP contribution in [0.5, 0.6) is 0 Å². The van der Waals surface area contributed by atoms with Crippen LogP contribution in [0.4, 0.5) is 11.6 Å². The Morgan fingerprint density at radius 2 is 1.94 bits per heavy atom. The van der Waals surface area contributed by atoms with Crippen molar-refractivity contribution in [2.45, 2.75) is 75.6 Å². The maximum absolute atomic E-state index is 12.7. The van der Waals surface area contributed by atoms with E-state index >= 15 is 0 Å². The van der Waals surface area contributed by atoms with Gasteiger partial charge >= 0.3 is 0 Å². The van der Waals surface area contributed by atoms with Crippen molar-refractivity contribution in [2.24, 2.45) is 0 Å². The molecular formula is C22H30N6O3. The molecule has 2 aromatic rings. The Morgan fingerprint density at radius 3 is 2.71 bits per heavy atom. The summed E-state index contributed by atoms with van der Waals surface area (Å²) in [5.74, 6) is 1.15. The van der Waals surface area contributed by atoms with Crippen molar-refractivity contribution in [1.82, 2.24) is 19.3 Å². The molecule has 0 spiro atoms. The highest BCUT2D eigenvalue weighted by molar-refractivity contribution is 5.40. The smallest absolute Gasteiger partial charge is 0.293 e. The molecule has 5 rings (SSSR count). The average molecular weight is 427 g/mol. The average Bonchev–Trinajstić information content (AvgIpc) is 3.54. The lowest BCUT2D eigenvalue weighted by molar-refractivity contribution is 0.127. The van der Waals surface area contributed by atoms with Crippen molar-refractivity contribution in [3.63, 3.8) is 0 Å². The molecule has 2 aromatic heterocycles. The number of nitrogens with zero attached hydrogens (tertiary/aromatic N) is 5. The summed E-state index contributed by atoms with van der Waals surface area (Å²) in [7, 11) is 0. The number of aromatic nitrogens is 4. The van der Waals surface area contributed by atoms with Crippen LogP contribution in [0.15, 0.2) is 34.1 Å². The third-order valence-electron chi connectivity index (χ3n) is 6.80. The van der Waals surface area contributed by atoms with E-state index in [9.17, 15) is 14.7 Å². The van der Waals surface area contributed by atoms with Crippen molar-refractivity contribution >= 4 is 11.6 Å². The minimum Gasteiger partial charge on any atom is -0.391 e. The molecule has 2 aliphatic carbocycles. The first-order valence-corrected chi connectivity index (χ1v) is 11.5. The molecule has 1 saturated heterocycles. The Balaban J connectivity index is 1.35. The number of rotatable bonds is 6. The molecule has 3 unspecified atom stereocenters. The van der Waals surface area contributed by atoms with Crippen molar-refractivity contribution < 1.29 is 5.11 Å². The second kappa shape index (κ2) is 8.45. The van der Waals surface area contributed by atoms with Gasteiger partial charge in [-0.05, 0) is 57.4 Å². The Labute approximate surface area is 180 Å². The summed E-state index contributed by atoms with van der Waals surface area (Å²) in [4.78, 5) is 31.6. The Hall–Kier alpha value is -2.68. The van der Waals surface area contributed by atoms with Crippen LogP contribution in [0, 0.1) is 0 Å². The summed E-state index contributed by atoms with van der Waals surface area (Å²) < 4.78 is 3.25. The lowest BCUT2D eigenvalue weighted by Gasteiger charge is -2.37. The molecule has 0 bridgehead atoms. The van der Waals surface area contributed by atoms with Gasteiger partial charge in [0, 0.05) is 43.6 Å². The first kappa shape index (κ1) is 20.2. The quantitative estimate of drug-likeness (QED) is 0.724. The zero-order valence-electron chi connectivity index (χ0n) is 17.7. The topological polar surface area (TPSA) is 105 Å². The summed E-state index contributed by atoms with van der Waals surface area (Å²) in [6.45, 7) is 1.43. The van der Waals surface area contributed by atoms with E-state index in [-0.39, 0.29) is 23.2 Å². The number of nitrogens with one attached hydrogen (secondary N) is 1. The third-order valence-corrected chi connectivity index (χ3v) is 6.80. The minimum atomic E-state index is -0.517. The molecule has 2 saturated carbocycles. The maximum atomic E-state index is 12.7. The molecule has 0 radical (unpaired) electrons. The molecule has 3 fully saturated rings. The van der Waals surface area contributed by atoms with Crippen molar-refractivity contribution in [1.29, 1.82) is 0 Å². The maximum Gasteiger partial charge on any atom is 0.293 e. The first-order chi connectivity index (χ1) is 15.1. The van der Waals surface area contributed by atoms with Crippen LogP contribution in [0.2, 0.25) is 0 Å². The van der Waals surface area contributed by atoms with Crippen LogP contribution >= 0.6 is 0 Å². The summed E-state index contributed by atoms with van der Waals surface area (Å²) in [5.41, 5.74) is -0.232. The van der Waals surface area contributed by atoms with E-state index in [0.29, 0.717) is 24.8 Å². The molecule has 9 nitrogen and oxygen atoms in total. The summed E-state index contributed by atoms with van der Waals surface area (Å²) in [5, 5.41) is 18.2. The standard InChI is InChI=1S/C22H30N6O3/c29-18-6-3-5-17(18)28-20(30)10-9-19(25-28)26-12-2-1-4-16(26)14-24-21-22(31)27(13-11-23-21)15-7-8-15/h9-11,13,15-18,29H,1-8,12,14H2,(H,23,24). The largest absolute Gasteiger partial charge is 0.391 e. The van der Waals surface area contributed by atoms with Gasteiger partial charge in [-0.15, -0.1) is 0 Å². The number of piperidine rings is 1. The van der Waals surface area contributed by atoms with Gasteiger partial charge in [0.2, 0.25) is 0 Å². The van der Waals surface area contributed by atoms with Crippen LogP contribution in [-0.4, -0.2) is 49.7 Å². The first-order valence-electron chi connectivity index (χ1n) is 11.5. The van der Waals surface area contributed by atoms with Crippen molar-refractivity contribution in [2.75, 3.05) is 23.3 Å². The van der Waals surface area contributed by atoms with Crippen LogP contribution in [0.3, 0.4) is 0 Å². The van der Waals surface area contributed by atoms with Gasteiger partial charge in [-0.25, -0.2) is 9.67 Å². The lowest BCUT2D eigenvalue weighted by Crippen LogP contribution is -2.45. The van der Waals surface area contributed by atoms with Crippen LogP contribution < -0.4 is 21.3 Å². The summed E-state index contributed by atoms with van der Waals surface area (Å²) >= 11 is 0. The second-order valence-corrected chi connectivity index (χ2v) is 8.98. The van der Waals surface area contributed by atoms with Crippen molar-refractivity contribution in [3.05, 3.63) is 45.2 Å². The fourth-order valence-corrected chi connectivity index (χ4v) is 4.93. The Morgan fingerprint density at radius 1 is 1.06 bits per heavy atom. The number of hydrogen-bond acceptors (Lipinski definition) is 7. The molecule has 3 aliphatic rings. The number of aliphatic hydroxyl groups is 1. The molecule has 3 atom stereocenters. The van der Waals surface area contributed by atoms with Gasteiger partial charge in [0.25, 0.3) is 11.1 Å². The van der Waals surface area contributed by atoms with Crippen molar-refractivity contribution in [3.8, 4) is 0 Å². The second-order valence-electron chi connectivity index (χ2n) is 8.98. The van der Waals surface area contributed by atoms with E-state index < -0.39 is 6.10 Å². The van der Waals surface area contributed by atoms with E-state index in [1.54, 1.807) is 29.1 Å². The zero-order chi connectivity index (χ0) is 21.4. The van der Waals surface area contributed by atoms with Gasteiger partial charge in [0.05, 0.1) is 12.1 Å². The fourth-order valence-electron chi connectivity index (χ4n) is 4.93. The highest BCUT2D eigenvalue weighted by Crippen LogP contribution is 2.33. The predicted octanol–water partition coefficient (Wildman–Crippen LogP) is 1.69. The fraction of sp³-hybridized carbons (Fsp3) is 0.636. The SMILES string of the molecule is O=c1c(NCC2CCCCN2c2ccc(=O)n(C3CCCC3O)n2)nccn1C1CC1. The van der Waals surface area contributed by atoms with E-state index in [1.165, 1.54) is 4.68 Å². The number of aliphatic hydroxyl groups excluding tert-OH is 1.